The molecule has 0 aromatic heterocycles. The largest absolute Gasteiger partial charge is 0.448 e. The van der Waals surface area contributed by atoms with Crippen molar-refractivity contribution in [2.75, 3.05) is 32.8 Å². The van der Waals surface area contributed by atoms with Crippen LogP contribution < -0.4 is 5.32 Å². The molecule has 0 aromatic rings. The number of hydrogen-bond acceptors (Lipinski definition) is 3. The zero-order chi connectivity index (χ0) is 14.8. The second-order valence-corrected chi connectivity index (χ2v) is 6.75. The molecule has 20 heavy (non-hydrogen) atoms. The number of carbonyl (C=O) groups is 2. The van der Waals surface area contributed by atoms with E-state index in [4.69, 9.17) is 4.74 Å². The Bertz CT molecular complexity index is 370. The van der Waals surface area contributed by atoms with Crippen LogP contribution in [0.4, 0.5) is 9.59 Å². The van der Waals surface area contributed by atoms with Gasteiger partial charge in [-0.1, -0.05) is 20.8 Å². The fraction of sp³-hybridized carbons (Fsp3) is 0.857. The lowest BCUT2D eigenvalue weighted by Gasteiger charge is -2.36. The fourth-order valence-electron chi connectivity index (χ4n) is 2.57. The number of nitrogens with one attached hydrogen (secondary N) is 1. The number of likely N-dealkylation sites (tertiary alicyclic amines) is 1. The van der Waals surface area contributed by atoms with E-state index in [1.54, 1.807) is 4.90 Å². The van der Waals surface area contributed by atoms with Crippen LogP contribution >= 0.6 is 0 Å². The van der Waals surface area contributed by atoms with Crippen molar-refractivity contribution in [3.05, 3.63) is 0 Å². The SMILES string of the molecule is CC(C)(C)CNC(=O)N1CCC(N2CCOC2=O)CC1. The number of nitrogens with zero attached hydrogens (tertiary/aromatic N) is 2. The Kier molecular flexibility index (Phi) is 4.40. The van der Waals surface area contributed by atoms with Crippen molar-refractivity contribution < 1.29 is 14.3 Å². The fourth-order valence-corrected chi connectivity index (χ4v) is 2.57. The highest BCUT2D eigenvalue weighted by atomic mass is 16.6. The lowest BCUT2D eigenvalue weighted by atomic mass is 9.97. The predicted octanol–water partition coefficient (Wildman–Crippen LogP) is 1.66. The van der Waals surface area contributed by atoms with E-state index in [0.717, 1.165) is 12.8 Å². The number of rotatable bonds is 2. The Balaban J connectivity index is 1.76. The standard InChI is InChI=1S/C14H25N3O3/c1-14(2,3)10-15-12(18)16-6-4-11(5-7-16)17-8-9-20-13(17)19/h11H,4-10H2,1-3H3,(H,15,18). The number of piperidine rings is 1. The third-order valence-corrected chi connectivity index (χ3v) is 3.75. The Morgan fingerprint density at radius 1 is 1.30 bits per heavy atom. The highest BCUT2D eigenvalue weighted by Crippen LogP contribution is 2.20. The summed E-state index contributed by atoms with van der Waals surface area (Å²) in [5.41, 5.74) is 0.0906. The summed E-state index contributed by atoms with van der Waals surface area (Å²) in [7, 11) is 0. The van der Waals surface area contributed by atoms with Gasteiger partial charge >= 0.3 is 12.1 Å². The highest BCUT2D eigenvalue weighted by Gasteiger charge is 2.33. The van der Waals surface area contributed by atoms with Crippen LogP contribution in [0.3, 0.4) is 0 Å². The monoisotopic (exact) mass is 283 g/mol. The van der Waals surface area contributed by atoms with Crippen LogP contribution in [0.15, 0.2) is 0 Å². The second kappa shape index (κ2) is 5.89. The third-order valence-electron chi connectivity index (χ3n) is 3.75. The van der Waals surface area contributed by atoms with Gasteiger partial charge in [-0.15, -0.1) is 0 Å². The minimum Gasteiger partial charge on any atom is -0.448 e. The van der Waals surface area contributed by atoms with Crippen LogP contribution in [-0.4, -0.2) is 60.8 Å². The van der Waals surface area contributed by atoms with E-state index in [9.17, 15) is 9.59 Å². The van der Waals surface area contributed by atoms with E-state index in [1.807, 2.05) is 4.90 Å². The zero-order valence-corrected chi connectivity index (χ0v) is 12.6. The molecule has 0 aliphatic carbocycles. The predicted molar refractivity (Wildman–Crippen MR) is 75.5 cm³/mol. The number of cyclic esters (lactones) is 1. The number of carbonyl (C=O) groups excluding carboxylic acids is 2. The summed E-state index contributed by atoms with van der Waals surface area (Å²) in [6.07, 6.45) is 1.46. The molecule has 6 nitrogen and oxygen atoms in total. The van der Waals surface area contributed by atoms with E-state index in [0.29, 0.717) is 32.8 Å². The molecule has 0 aromatic carbocycles. The molecular formula is C14H25N3O3. The lowest BCUT2D eigenvalue weighted by Crippen LogP contribution is -2.50. The quantitative estimate of drug-likeness (QED) is 0.838. The first-order valence-corrected chi connectivity index (χ1v) is 7.33. The molecule has 0 saturated carbocycles. The van der Waals surface area contributed by atoms with Gasteiger partial charge in [0.2, 0.25) is 0 Å². The van der Waals surface area contributed by atoms with E-state index >= 15 is 0 Å². The van der Waals surface area contributed by atoms with Crippen molar-refractivity contribution in [3.8, 4) is 0 Å². The van der Waals surface area contributed by atoms with Gasteiger partial charge in [-0.2, -0.15) is 0 Å². The number of ether oxygens (including phenoxy) is 1. The van der Waals surface area contributed by atoms with Crippen LogP contribution in [0, 0.1) is 5.41 Å². The minimum atomic E-state index is -0.208. The highest BCUT2D eigenvalue weighted by molar-refractivity contribution is 5.74. The molecular weight excluding hydrogens is 258 g/mol. The molecule has 0 spiro atoms. The topological polar surface area (TPSA) is 61.9 Å². The van der Waals surface area contributed by atoms with Crippen LogP contribution in [-0.2, 0) is 4.74 Å². The molecule has 0 radical (unpaired) electrons. The molecule has 0 bridgehead atoms. The average Bonchev–Trinajstić information content (AvgIpc) is 2.81. The number of urea groups is 1. The lowest BCUT2D eigenvalue weighted by molar-refractivity contribution is 0.122. The maximum absolute atomic E-state index is 12.0. The van der Waals surface area contributed by atoms with Crippen molar-refractivity contribution in [3.63, 3.8) is 0 Å². The molecule has 2 fully saturated rings. The first-order valence-electron chi connectivity index (χ1n) is 7.33. The van der Waals surface area contributed by atoms with Crippen molar-refractivity contribution >= 4 is 12.1 Å². The molecule has 2 saturated heterocycles. The van der Waals surface area contributed by atoms with E-state index in [1.165, 1.54) is 0 Å². The molecule has 0 unspecified atom stereocenters. The molecule has 6 heteroatoms. The molecule has 2 rings (SSSR count). The molecule has 2 aliphatic rings. The Morgan fingerprint density at radius 3 is 2.45 bits per heavy atom. The zero-order valence-electron chi connectivity index (χ0n) is 12.6. The first kappa shape index (κ1) is 14.9. The van der Waals surface area contributed by atoms with Gasteiger partial charge in [0.25, 0.3) is 0 Å². The van der Waals surface area contributed by atoms with Crippen LogP contribution in [0.25, 0.3) is 0 Å². The molecule has 114 valence electrons. The van der Waals surface area contributed by atoms with E-state index in [2.05, 4.69) is 26.1 Å². The van der Waals surface area contributed by atoms with Crippen LogP contribution in [0.1, 0.15) is 33.6 Å². The summed E-state index contributed by atoms with van der Waals surface area (Å²) < 4.78 is 4.96. The van der Waals surface area contributed by atoms with Crippen LogP contribution in [0.2, 0.25) is 0 Å². The first-order chi connectivity index (χ1) is 9.37. The van der Waals surface area contributed by atoms with Gasteiger partial charge in [0.15, 0.2) is 0 Å². The van der Waals surface area contributed by atoms with Gasteiger partial charge in [0.05, 0.1) is 6.54 Å². The van der Waals surface area contributed by atoms with Crippen molar-refractivity contribution in [2.24, 2.45) is 5.41 Å². The summed E-state index contributed by atoms with van der Waals surface area (Å²) in [6.45, 7) is 9.53. The third kappa shape index (κ3) is 3.77. The van der Waals surface area contributed by atoms with E-state index < -0.39 is 0 Å². The molecule has 3 amide bonds. The number of amides is 3. The Morgan fingerprint density at radius 2 is 1.95 bits per heavy atom. The van der Waals surface area contributed by atoms with Gasteiger partial charge in [-0.25, -0.2) is 9.59 Å². The Labute approximate surface area is 120 Å². The summed E-state index contributed by atoms with van der Waals surface area (Å²) in [6, 6.07) is 0.221. The van der Waals surface area contributed by atoms with Crippen molar-refractivity contribution in [1.82, 2.24) is 15.1 Å². The normalized spacial score (nSPS) is 21.1. The van der Waals surface area contributed by atoms with Gasteiger partial charge < -0.3 is 19.9 Å². The Hall–Kier alpha value is -1.46. The summed E-state index contributed by atoms with van der Waals surface area (Å²) >= 11 is 0. The van der Waals surface area contributed by atoms with Crippen LogP contribution in [0.5, 0.6) is 0 Å². The van der Waals surface area contributed by atoms with Crippen molar-refractivity contribution in [2.45, 2.75) is 39.7 Å². The van der Waals surface area contributed by atoms with Gasteiger partial charge in [-0.3, -0.25) is 0 Å². The number of hydrogen-bond donors (Lipinski definition) is 1. The van der Waals surface area contributed by atoms with Gasteiger partial charge in [0.1, 0.15) is 6.61 Å². The second-order valence-electron chi connectivity index (χ2n) is 6.75. The maximum Gasteiger partial charge on any atom is 0.410 e. The average molecular weight is 283 g/mol. The molecule has 2 heterocycles. The summed E-state index contributed by atoms with van der Waals surface area (Å²) in [5, 5.41) is 2.97. The van der Waals surface area contributed by atoms with Gasteiger partial charge in [-0.05, 0) is 18.3 Å². The van der Waals surface area contributed by atoms with E-state index in [-0.39, 0.29) is 23.6 Å². The minimum absolute atomic E-state index is 0.00220. The summed E-state index contributed by atoms with van der Waals surface area (Å²) in [5.74, 6) is 0. The smallest absolute Gasteiger partial charge is 0.410 e. The van der Waals surface area contributed by atoms with Gasteiger partial charge in [0, 0.05) is 25.7 Å². The van der Waals surface area contributed by atoms with Crippen molar-refractivity contribution in [1.29, 1.82) is 0 Å². The molecule has 1 N–H and O–H groups in total. The molecule has 0 atom stereocenters. The maximum atomic E-state index is 12.0. The molecule has 2 aliphatic heterocycles. The summed E-state index contributed by atoms with van der Waals surface area (Å²) in [4.78, 5) is 27.2.